The van der Waals surface area contributed by atoms with Crippen LogP contribution in [0.25, 0.3) is 10.9 Å². The van der Waals surface area contributed by atoms with Crippen molar-refractivity contribution in [1.82, 2.24) is 14.9 Å². The summed E-state index contributed by atoms with van der Waals surface area (Å²) in [7, 11) is 6.83. The van der Waals surface area contributed by atoms with Gasteiger partial charge in [-0.15, -0.1) is 0 Å². The molecule has 8 heteroatoms. The van der Waals surface area contributed by atoms with Crippen LogP contribution in [-0.2, 0) is 5.60 Å². The number of hydrogen-bond acceptors (Lipinski definition) is 6. The van der Waals surface area contributed by atoms with Gasteiger partial charge in [0.25, 0.3) is 0 Å². The highest BCUT2D eigenvalue weighted by Gasteiger charge is 2.44. The van der Waals surface area contributed by atoms with Crippen LogP contribution in [0.3, 0.4) is 0 Å². The molecule has 2 aromatic heterocycles. The summed E-state index contributed by atoms with van der Waals surface area (Å²) in [5.41, 5.74) is 1.38. The first-order chi connectivity index (χ1) is 17.7. The number of hydrogen-bond donors (Lipinski definition) is 1. The van der Waals surface area contributed by atoms with Gasteiger partial charge in [-0.05, 0) is 63.8 Å². The minimum absolute atomic E-state index is 0.0925. The summed E-state index contributed by atoms with van der Waals surface area (Å²) in [4.78, 5) is 11.2. The van der Waals surface area contributed by atoms with Crippen molar-refractivity contribution in [2.24, 2.45) is 0 Å². The zero-order chi connectivity index (χ0) is 26.7. The van der Waals surface area contributed by atoms with Crippen molar-refractivity contribution in [2.75, 3.05) is 34.9 Å². The number of methoxy groups -OCH3 is 2. The van der Waals surface area contributed by atoms with Crippen LogP contribution < -0.4 is 9.47 Å². The summed E-state index contributed by atoms with van der Waals surface area (Å²) in [6, 6.07) is 16.3. The Balaban J connectivity index is 2.08. The molecule has 2 unspecified atom stereocenters. The van der Waals surface area contributed by atoms with Crippen LogP contribution in [0.5, 0.6) is 11.6 Å². The maximum atomic E-state index is 16.0. The van der Waals surface area contributed by atoms with Crippen LogP contribution in [-0.4, -0.2) is 54.8 Å². The minimum atomic E-state index is -1.56. The van der Waals surface area contributed by atoms with E-state index in [1.54, 1.807) is 24.4 Å². The number of nitrogens with zero attached hydrogens (tertiary/aromatic N) is 3. The average molecular weight is 568 g/mol. The zero-order valence-electron chi connectivity index (χ0n) is 21.6. The Morgan fingerprint density at radius 1 is 1.05 bits per heavy atom. The molecule has 37 heavy (non-hydrogen) atoms. The van der Waals surface area contributed by atoms with Gasteiger partial charge in [0.05, 0.1) is 25.7 Å². The molecule has 0 aliphatic carbocycles. The number of rotatable bonds is 9. The van der Waals surface area contributed by atoms with Crippen molar-refractivity contribution >= 4 is 26.8 Å². The van der Waals surface area contributed by atoms with Gasteiger partial charge in [-0.3, -0.25) is 4.98 Å². The number of aryl methyl sites for hydroxylation is 1. The molecular weight excluding hydrogens is 537 g/mol. The van der Waals surface area contributed by atoms with Gasteiger partial charge >= 0.3 is 0 Å². The smallest absolute Gasteiger partial charge is 0.217 e. The minimum Gasteiger partial charge on any atom is -0.494 e. The van der Waals surface area contributed by atoms with Gasteiger partial charge in [0, 0.05) is 45.0 Å². The standard InChI is InChI=1S/C29H31BrFN3O3/c1-18-9-10-20(17-32-18)29(35,13-14-34(2)3)26(22-7-6-8-25(36-4)27(22)31)23-16-19-15-21(30)11-12-24(19)33-28(23)37-5/h6-12,15-17,26,35H,13-14H2,1-5H3. The quantitative estimate of drug-likeness (QED) is 0.274. The normalized spacial score (nSPS) is 14.0. The SMILES string of the molecule is COc1cccc(C(c2cc3cc(Br)ccc3nc2OC)C(O)(CCN(C)C)c2ccc(C)nc2)c1F. The predicted octanol–water partition coefficient (Wildman–Crippen LogP) is 5.83. The Bertz CT molecular complexity index is 1400. The number of pyridine rings is 2. The molecule has 194 valence electrons. The highest BCUT2D eigenvalue weighted by atomic mass is 79.9. The van der Waals surface area contributed by atoms with E-state index < -0.39 is 17.3 Å². The van der Waals surface area contributed by atoms with Crippen LogP contribution >= 0.6 is 15.9 Å². The molecule has 2 heterocycles. The van der Waals surface area contributed by atoms with E-state index in [9.17, 15) is 5.11 Å². The number of fused-ring (bicyclic) bond motifs is 1. The molecule has 0 radical (unpaired) electrons. The van der Waals surface area contributed by atoms with Crippen molar-refractivity contribution in [3.05, 3.63) is 93.5 Å². The van der Waals surface area contributed by atoms with Gasteiger partial charge < -0.3 is 19.5 Å². The van der Waals surface area contributed by atoms with Crippen molar-refractivity contribution in [3.63, 3.8) is 0 Å². The van der Waals surface area contributed by atoms with E-state index in [2.05, 4.69) is 20.9 Å². The fourth-order valence-electron chi connectivity index (χ4n) is 4.68. The third-order valence-electron chi connectivity index (χ3n) is 6.63. The highest BCUT2D eigenvalue weighted by molar-refractivity contribution is 9.10. The third-order valence-corrected chi connectivity index (χ3v) is 7.12. The largest absolute Gasteiger partial charge is 0.494 e. The highest BCUT2D eigenvalue weighted by Crippen LogP contribution is 2.48. The Kier molecular flexibility index (Phi) is 8.11. The van der Waals surface area contributed by atoms with Crippen LogP contribution in [0.4, 0.5) is 4.39 Å². The summed E-state index contributed by atoms with van der Waals surface area (Å²) in [5.74, 6) is -1.03. The van der Waals surface area contributed by atoms with Gasteiger partial charge in [-0.2, -0.15) is 0 Å². The van der Waals surface area contributed by atoms with Crippen LogP contribution in [0, 0.1) is 12.7 Å². The second-order valence-corrected chi connectivity index (χ2v) is 10.3. The molecule has 0 amide bonds. The summed E-state index contributed by atoms with van der Waals surface area (Å²) >= 11 is 3.53. The molecule has 0 spiro atoms. The molecule has 2 atom stereocenters. The zero-order valence-corrected chi connectivity index (χ0v) is 23.2. The molecule has 0 aliphatic rings. The van der Waals surface area contributed by atoms with Crippen LogP contribution in [0.15, 0.2) is 65.3 Å². The lowest BCUT2D eigenvalue weighted by molar-refractivity contribution is 0.00249. The van der Waals surface area contributed by atoms with Crippen LogP contribution in [0.1, 0.15) is 34.7 Å². The lowest BCUT2D eigenvalue weighted by Crippen LogP contribution is -2.38. The summed E-state index contributed by atoms with van der Waals surface area (Å²) in [5, 5.41) is 13.5. The van der Waals surface area contributed by atoms with E-state index in [4.69, 9.17) is 14.5 Å². The lowest BCUT2D eigenvalue weighted by Gasteiger charge is -2.38. The summed E-state index contributed by atoms with van der Waals surface area (Å²) in [6.45, 7) is 2.43. The van der Waals surface area contributed by atoms with Gasteiger partial charge in [0.1, 0.15) is 5.60 Å². The molecule has 4 aromatic rings. The van der Waals surface area contributed by atoms with E-state index in [1.807, 2.05) is 62.3 Å². The Morgan fingerprint density at radius 2 is 1.84 bits per heavy atom. The fraction of sp³-hybridized carbons (Fsp3) is 0.310. The Labute approximate surface area is 225 Å². The number of aromatic nitrogens is 2. The molecule has 0 saturated heterocycles. The third kappa shape index (κ3) is 5.46. The molecule has 6 nitrogen and oxygen atoms in total. The first kappa shape index (κ1) is 27.0. The monoisotopic (exact) mass is 567 g/mol. The maximum absolute atomic E-state index is 16.0. The fourth-order valence-corrected chi connectivity index (χ4v) is 5.06. The Hall–Kier alpha value is -3.07. The molecule has 0 aliphatic heterocycles. The van der Waals surface area contributed by atoms with E-state index in [1.165, 1.54) is 14.2 Å². The molecule has 0 saturated carbocycles. The molecule has 2 aromatic carbocycles. The van der Waals surface area contributed by atoms with E-state index in [0.29, 0.717) is 30.0 Å². The Morgan fingerprint density at radius 3 is 2.49 bits per heavy atom. The molecular formula is C29H31BrFN3O3. The topological polar surface area (TPSA) is 67.7 Å². The number of benzene rings is 2. The van der Waals surface area contributed by atoms with E-state index in [0.717, 1.165) is 21.1 Å². The molecule has 4 rings (SSSR count). The molecule has 0 fully saturated rings. The number of halogens is 2. The average Bonchev–Trinajstić information content (AvgIpc) is 2.88. The maximum Gasteiger partial charge on any atom is 0.217 e. The second kappa shape index (κ2) is 11.1. The van der Waals surface area contributed by atoms with Crippen molar-refractivity contribution < 1.29 is 19.0 Å². The first-order valence-corrected chi connectivity index (χ1v) is 12.7. The van der Waals surface area contributed by atoms with E-state index >= 15 is 4.39 Å². The predicted molar refractivity (Wildman–Crippen MR) is 147 cm³/mol. The van der Waals surface area contributed by atoms with Gasteiger partial charge in [-0.1, -0.05) is 34.1 Å². The number of ether oxygens (including phenoxy) is 2. The lowest BCUT2D eigenvalue weighted by atomic mass is 9.71. The van der Waals surface area contributed by atoms with Gasteiger partial charge in [-0.25, -0.2) is 9.37 Å². The second-order valence-electron chi connectivity index (χ2n) is 9.39. The van der Waals surface area contributed by atoms with E-state index in [-0.39, 0.29) is 11.3 Å². The first-order valence-electron chi connectivity index (χ1n) is 11.9. The van der Waals surface area contributed by atoms with Gasteiger partial charge in [0.2, 0.25) is 5.88 Å². The number of aliphatic hydroxyl groups is 1. The van der Waals surface area contributed by atoms with Crippen molar-refractivity contribution in [1.29, 1.82) is 0 Å². The van der Waals surface area contributed by atoms with Crippen molar-refractivity contribution in [3.8, 4) is 11.6 Å². The molecule has 1 N–H and O–H groups in total. The van der Waals surface area contributed by atoms with Gasteiger partial charge in [0.15, 0.2) is 11.6 Å². The van der Waals surface area contributed by atoms with Crippen LogP contribution in [0.2, 0.25) is 0 Å². The molecule has 0 bridgehead atoms. The summed E-state index contributed by atoms with van der Waals surface area (Å²) < 4.78 is 27.9. The summed E-state index contributed by atoms with van der Waals surface area (Å²) in [6.07, 6.45) is 1.96. The van der Waals surface area contributed by atoms with Crippen molar-refractivity contribution in [2.45, 2.75) is 24.9 Å².